The first kappa shape index (κ1) is 18.7. The summed E-state index contributed by atoms with van der Waals surface area (Å²) < 4.78 is 27.3. The van der Waals surface area contributed by atoms with E-state index in [-0.39, 0.29) is 30.3 Å². The Kier molecular flexibility index (Phi) is 5.65. The SMILES string of the molecule is CNS(=O)(=O)CCNc1c(N)n(Cc2ccccc2)c(=O)n(C)c1=O. The lowest BCUT2D eigenvalue weighted by molar-refractivity contribution is 0.588. The molecule has 0 saturated carbocycles. The number of anilines is 2. The van der Waals surface area contributed by atoms with Gasteiger partial charge in [0.25, 0.3) is 5.56 Å². The van der Waals surface area contributed by atoms with E-state index in [2.05, 4.69) is 10.0 Å². The zero-order chi connectivity index (χ0) is 18.6. The Morgan fingerprint density at radius 3 is 2.40 bits per heavy atom. The van der Waals surface area contributed by atoms with Gasteiger partial charge in [-0.2, -0.15) is 0 Å². The molecule has 1 aromatic carbocycles. The normalized spacial score (nSPS) is 11.4. The average Bonchev–Trinajstić information content (AvgIpc) is 2.61. The molecule has 1 aromatic heterocycles. The maximum atomic E-state index is 12.4. The second-order valence-corrected chi connectivity index (χ2v) is 7.47. The molecule has 0 saturated heterocycles. The van der Waals surface area contributed by atoms with Crippen LogP contribution in [0.3, 0.4) is 0 Å². The lowest BCUT2D eigenvalue weighted by atomic mass is 10.2. The Morgan fingerprint density at radius 2 is 1.80 bits per heavy atom. The van der Waals surface area contributed by atoms with Gasteiger partial charge in [0.2, 0.25) is 10.0 Å². The van der Waals surface area contributed by atoms with Crippen LogP contribution in [0, 0.1) is 0 Å². The van der Waals surface area contributed by atoms with Crippen LogP contribution in [0.2, 0.25) is 0 Å². The van der Waals surface area contributed by atoms with E-state index in [9.17, 15) is 18.0 Å². The zero-order valence-corrected chi connectivity index (χ0v) is 14.8. The summed E-state index contributed by atoms with van der Waals surface area (Å²) in [7, 11) is -0.766. The van der Waals surface area contributed by atoms with Gasteiger partial charge in [0.05, 0.1) is 12.3 Å². The van der Waals surface area contributed by atoms with Gasteiger partial charge in [-0.15, -0.1) is 0 Å². The van der Waals surface area contributed by atoms with E-state index in [0.29, 0.717) is 0 Å². The molecule has 2 aromatic rings. The van der Waals surface area contributed by atoms with Crippen molar-refractivity contribution in [3.05, 3.63) is 56.7 Å². The van der Waals surface area contributed by atoms with Crippen LogP contribution in [-0.4, -0.2) is 36.9 Å². The summed E-state index contributed by atoms with van der Waals surface area (Å²) in [5, 5.41) is 2.73. The Bertz CT molecular complexity index is 964. The summed E-state index contributed by atoms with van der Waals surface area (Å²) in [6.45, 7) is 0.176. The molecule has 1 heterocycles. The number of nitrogens with zero attached hydrogens (tertiary/aromatic N) is 2. The highest BCUT2D eigenvalue weighted by molar-refractivity contribution is 7.89. The monoisotopic (exact) mass is 367 g/mol. The van der Waals surface area contributed by atoms with Crippen LogP contribution in [0.1, 0.15) is 5.56 Å². The smallest absolute Gasteiger partial charge is 0.332 e. The Morgan fingerprint density at radius 1 is 1.16 bits per heavy atom. The zero-order valence-electron chi connectivity index (χ0n) is 14.0. The lowest BCUT2D eigenvalue weighted by Gasteiger charge is -2.16. The number of nitrogens with two attached hydrogens (primary N) is 1. The van der Waals surface area contributed by atoms with Gasteiger partial charge in [0.1, 0.15) is 11.5 Å². The van der Waals surface area contributed by atoms with Gasteiger partial charge in [0.15, 0.2) is 0 Å². The molecule has 0 unspecified atom stereocenters. The lowest BCUT2D eigenvalue weighted by Crippen LogP contribution is -2.41. The molecule has 0 fully saturated rings. The summed E-state index contributed by atoms with van der Waals surface area (Å²) in [6, 6.07) is 9.19. The van der Waals surface area contributed by atoms with Crippen molar-refractivity contribution < 1.29 is 8.42 Å². The molecule has 9 nitrogen and oxygen atoms in total. The van der Waals surface area contributed by atoms with Crippen molar-refractivity contribution in [3.8, 4) is 0 Å². The topological polar surface area (TPSA) is 128 Å². The van der Waals surface area contributed by atoms with Crippen molar-refractivity contribution in [2.24, 2.45) is 7.05 Å². The van der Waals surface area contributed by atoms with Crippen LogP contribution < -0.4 is 27.0 Å². The number of hydrogen-bond donors (Lipinski definition) is 3. The molecule has 0 aliphatic heterocycles. The highest BCUT2D eigenvalue weighted by atomic mass is 32.2. The molecule has 0 amide bonds. The minimum absolute atomic E-state index is 0.00401. The van der Waals surface area contributed by atoms with Gasteiger partial charge in [-0.1, -0.05) is 30.3 Å². The highest BCUT2D eigenvalue weighted by Crippen LogP contribution is 2.12. The average molecular weight is 367 g/mol. The van der Waals surface area contributed by atoms with Crippen LogP contribution in [0.25, 0.3) is 0 Å². The van der Waals surface area contributed by atoms with E-state index < -0.39 is 21.3 Å². The Balaban J connectivity index is 2.37. The molecule has 0 aliphatic carbocycles. The predicted molar refractivity (Wildman–Crippen MR) is 97.2 cm³/mol. The van der Waals surface area contributed by atoms with Crippen LogP contribution >= 0.6 is 0 Å². The van der Waals surface area contributed by atoms with Crippen molar-refractivity contribution in [2.75, 3.05) is 30.4 Å². The van der Waals surface area contributed by atoms with Gasteiger partial charge >= 0.3 is 5.69 Å². The number of benzene rings is 1. The molecule has 25 heavy (non-hydrogen) atoms. The first-order chi connectivity index (χ1) is 11.8. The Labute approximate surface area is 145 Å². The molecule has 4 N–H and O–H groups in total. The first-order valence-corrected chi connectivity index (χ1v) is 9.20. The second-order valence-electron chi connectivity index (χ2n) is 5.43. The molecular formula is C15H21N5O4S. The molecule has 0 radical (unpaired) electrons. The number of hydrogen-bond acceptors (Lipinski definition) is 6. The van der Waals surface area contributed by atoms with E-state index in [0.717, 1.165) is 10.1 Å². The molecule has 0 atom stereocenters. The van der Waals surface area contributed by atoms with E-state index in [1.54, 1.807) is 0 Å². The summed E-state index contributed by atoms with van der Waals surface area (Å²) in [6.07, 6.45) is 0. The predicted octanol–water partition coefficient (Wildman–Crippen LogP) is -0.861. The number of nitrogens with one attached hydrogen (secondary N) is 2. The Hall–Kier alpha value is -2.59. The maximum Gasteiger partial charge on any atom is 0.332 e. The van der Waals surface area contributed by atoms with Crippen LogP contribution in [0.15, 0.2) is 39.9 Å². The van der Waals surface area contributed by atoms with Gasteiger partial charge in [-0.05, 0) is 12.6 Å². The first-order valence-electron chi connectivity index (χ1n) is 7.55. The van der Waals surface area contributed by atoms with Gasteiger partial charge < -0.3 is 11.1 Å². The van der Waals surface area contributed by atoms with Gasteiger partial charge in [0, 0.05) is 13.6 Å². The summed E-state index contributed by atoms with van der Waals surface area (Å²) >= 11 is 0. The van der Waals surface area contributed by atoms with Gasteiger partial charge in [-0.25, -0.2) is 17.9 Å². The molecule has 0 aliphatic rings. The third-order valence-electron chi connectivity index (χ3n) is 3.75. The summed E-state index contributed by atoms with van der Waals surface area (Å²) in [5.41, 5.74) is 5.71. The van der Waals surface area contributed by atoms with E-state index in [4.69, 9.17) is 5.73 Å². The van der Waals surface area contributed by atoms with Crippen molar-refractivity contribution in [1.82, 2.24) is 13.9 Å². The van der Waals surface area contributed by atoms with Gasteiger partial charge in [-0.3, -0.25) is 13.9 Å². The summed E-state index contributed by atoms with van der Waals surface area (Å²) in [4.78, 5) is 24.6. The van der Waals surface area contributed by atoms with E-state index in [1.807, 2.05) is 30.3 Å². The standard InChI is InChI=1S/C15H21N5O4S/c1-17-25(23,24)9-8-18-12-13(16)20(15(22)19(2)14(12)21)10-11-6-4-3-5-7-11/h3-7,17-18H,8-10,16H2,1-2H3. The molecular weight excluding hydrogens is 346 g/mol. The quantitative estimate of drug-likeness (QED) is 0.584. The summed E-state index contributed by atoms with van der Waals surface area (Å²) in [5.74, 6) is -0.261. The number of sulfonamides is 1. The van der Waals surface area contributed by atoms with Crippen molar-refractivity contribution >= 4 is 21.5 Å². The van der Waals surface area contributed by atoms with Crippen molar-refractivity contribution in [3.63, 3.8) is 0 Å². The van der Waals surface area contributed by atoms with Crippen molar-refractivity contribution in [1.29, 1.82) is 0 Å². The molecule has 10 heteroatoms. The van der Waals surface area contributed by atoms with Crippen molar-refractivity contribution in [2.45, 2.75) is 6.54 Å². The largest absolute Gasteiger partial charge is 0.383 e. The fraction of sp³-hybridized carbons (Fsp3) is 0.333. The number of nitrogen functional groups attached to an aromatic ring is 1. The fourth-order valence-electron chi connectivity index (χ4n) is 2.28. The van der Waals surface area contributed by atoms with Crippen LogP contribution in [-0.2, 0) is 23.6 Å². The molecule has 0 spiro atoms. The van der Waals surface area contributed by atoms with Crippen LogP contribution in [0.5, 0.6) is 0 Å². The van der Waals surface area contributed by atoms with E-state index in [1.165, 1.54) is 18.7 Å². The highest BCUT2D eigenvalue weighted by Gasteiger charge is 2.16. The molecule has 136 valence electrons. The maximum absolute atomic E-state index is 12.4. The minimum atomic E-state index is -3.42. The minimum Gasteiger partial charge on any atom is -0.383 e. The second kappa shape index (κ2) is 7.53. The number of aromatic nitrogens is 2. The number of rotatable bonds is 7. The molecule has 0 bridgehead atoms. The third-order valence-corrected chi connectivity index (χ3v) is 5.11. The van der Waals surface area contributed by atoms with E-state index >= 15 is 0 Å². The third kappa shape index (κ3) is 4.28. The molecule has 2 rings (SSSR count). The van der Waals surface area contributed by atoms with Crippen LogP contribution in [0.4, 0.5) is 11.5 Å². The fourth-order valence-corrected chi connectivity index (χ4v) is 2.86.